The first kappa shape index (κ1) is 9.20. The highest BCUT2D eigenvalue weighted by molar-refractivity contribution is 5.85. The normalized spacial score (nSPS) is 48.2. The van der Waals surface area contributed by atoms with Crippen LogP contribution in [0.5, 0.6) is 0 Å². The maximum absolute atomic E-state index is 11.5. The highest BCUT2D eigenvalue weighted by atomic mass is 16.3. The van der Waals surface area contributed by atoms with Crippen LogP contribution in [0, 0.1) is 16.7 Å². The highest BCUT2D eigenvalue weighted by Gasteiger charge is 2.60. The lowest BCUT2D eigenvalue weighted by molar-refractivity contribution is -0.149. The van der Waals surface area contributed by atoms with Crippen molar-refractivity contribution in [2.24, 2.45) is 16.7 Å². The van der Waals surface area contributed by atoms with Crippen LogP contribution >= 0.6 is 0 Å². The van der Waals surface area contributed by atoms with E-state index in [0.29, 0.717) is 12.3 Å². The maximum atomic E-state index is 11.5. The topological polar surface area (TPSA) is 37.3 Å². The van der Waals surface area contributed by atoms with Crippen molar-refractivity contribution in [3.63, 3.8) is 0 Å². The van der Waals surface area contributed by atoms with Crippen molar-refractivity contribution in [3.05, 3.63) is 0 Å². The molecule has 2 nitrogen and oxygen atoms in total. The van der Waals surface area contributed by atoms with Crippen molar-refractivity contribution in [2.75, 3.05) is 0 Å². The summed E-state index contributed by atoms with van der Waals surface area (Å²) in [5.74, 6) is 0.553. The standard InChI is InChI=1S/C11H18O2/c1-10(2)7-4-5-11(10,3)9(13)8(12)6-7/h7,9,13H,4-6H2,1-3H3. The lowest BCUT2D eigenvalue weighted by atomic mass is 9.57. The van der Waals surface area contributed by atoms with Gasteiger partial charge >= 0.3 is 0 Å². The van der Waals surface area contributed by atoms with E-state index in [1.807, 2.05) is 0 Å². The Morgan fingerprint density at radius 2 is 2.00 bits per heavy atom. The van der Waals surface area contributed by atoms with E-state index < -0.39 is 6.10 Å². The van der Waals surface area contributed by atoms with Gasteiger partial charge in [-0.05, 0) is 24.2 Å². The van der Waals surface area contributed by atoms with E-state index in [-0.39, 0.29) is 16.6 Å². The number of ketones is 1. The van der Waals surface area contributed by atoms with Crippen LogP contribution in [0.2, 0.25) is 0 Å². The van der Waals surface area contributed by atoms with E-state index in [4.69, 9.17) is 0 Å². The zero-order valence-electron chi connectivity index (χ0n) is 8.63. The van der Waals surface area contributed by atoms with Gasteiger partial charge in [-0.2, -0.15) is 0 Å². The lowest BCUT2D eigenvalue weighted by Gasteiger charge is -2.48. The summed E-state index contributed by atoms with van der Waals surface area (Å²) in [5.41, 5.74) is -0.0483. The maximum Gasteiger partial charge on any atom is 0.162 e. The molecule has 2 aliphatic rings. The Morgan fingerprint density at radius 3 is 2.62 bits per heavy atom. The minimum atomic E-state index is -0.721. The zero-order valence-corrected chi connectivity index (χ0v) is 8.63. The number of fused-ring (bicyclic) bond motifs is 2. The molecule has 0 aromatic rings. The van der Waals surface area contributed by atoms with Gasteiger partial charge < -0.3 is 5.11 Å². The molecule has 0 aromatic carbocycles. The fourth-order valence-electron chi connectivity index (χ4n) is 3.18. The second-order valence-electron chi connectivity index (χ2n) is 5.45. The van der Waals surface area contributed by atoms with Crippen LogP contribution in [0.3, 0.4) is 0 Å². The summed E-state index contributed by atoms with van der Waals surface area (Å²) >= 11 is 0. The molecule has 0 heterocycles. The molecule has 0 spiro atoms. The minimum absolute atomic E-state index is 0.0596. The molecule has 0 saturated heterocycles. The van der Waals surface area contributed by atoms with E-state index >= 15 is 0 Å². The fraction of sp³-hybridized carbons (Fsp3) is 0.909. The molecule has 0 aliphatic heterocycles. The molecule has 3 unspecified atom stereocenters. The molecule has 13 heavy (non-hydrogen) atoms. The Hall–Kier alpha value is -0.370. The first-order chi connectivity index (χ1) is 5.89. The average Bonchev–Trinajstić information content (AvgIpc) is 2.18. The Morgan fingerprint density at radius 1 is 1.38 bits per heavy atom. The third-order valence-electron chi connectivity index (χ3n) is 4.86. The van der Waals surface area contributed by atoms with Crippen LogP contribution < -0.4 is 0 Å². The van der Waals surface area contributed by atoms with E-state index in [0.717, 1.165) is 12.8 Å². The molecular formula is C11H18O2. The number of hydrogen-bond donors (Lipinski definition) is 1. The Kier molecular flexibility index (Phi) is 1.66. The molecular weight excluding hydrogens is 164 g/mol. The molecule has 2 saturated carbocycles. The predicted molar refractivity (Wildman–Crippen MR) is 50.2 cm³/mol. The van der Waals surface area contributed by atoms with Gasteiger partial charge in [0.2, 0.25) is 0 Å². The Balaban J connectivity index is 2.44. The quantitative estimate of drug-likeness (QED) is 0.620. The van der Waals surface area contributed by atoms with Gasteiger partial charge in [0.15, 0.2) is 5.78 Å². The van der Waals surface area contributed by atoms with E-state index in [2.05, 4.69) is 20.8 Å². The molecule has 2 heteroatoms. The second-order valence-corrected chi connectivity index (χ2v) is 5.45. The summed E-state index contributed by atoms with van der Waals surface area (Å²) in [6.45, 7) is 6.45. The summed E-state index contributed by atoms with van der Waals surface area (Å²) in [4.78, 5) is 11.5. The van der Waals surface area contributed by atoms with Crippen LogP contribution in [0.4, 0.5) is 0 Å². The zero-order chi connectivity index (χ0) is 9.85. The van der Waals surface area contributed by atoms with Crippen molar-refractivity contribution in [1.82, 2.24) is 0 Å². The summed E-state index contributed by atoms with van der Waals surface area (Å²) in [5, 5.41) is 9.91. The summed E-state index contributed by atoms with van der Waals surface area (Å²) < 4.78 is 0. The van der Waals surface area contributed by atoms with Crippen molar-refractivity contribution in [1.29, 1.82) is 0 Å². The lowest BCUT2D eigenvalue weighted by Crippen LogP contribution is -2.51. The van der Waals surface area contributed by atoms with E-state index in [1.54, 1.807) is 0 Å². The van der Waals surface area contributed by atoms with E-state index in [1.165, 1.54) is 0 Å². The van der Waals surface area contributed by atoms with Crippen LogP contribution in [-0.2, 0) is 4.79 Å². The van der Waals surface area contributed by atoms with Gasteiger partial charge in [0.05, 0.1) is 0 Å². The summed E-state index contributed by atoms with van der Waals surface area (Å²) in [7, 11) is 0. The minimum Gasteiger partial charge on any atom is -0.385 e. The molecule has 2 fully saturated rings. The monoisotopic (exact) mass is 182 g/mol. The smallest absolute Gasteiger partial charge is 0.162 e. The van der Waals surface area contributed by atoms with Gasteiger partial charge in [-0.25, -0.2) is 0 Å². The number of carbonyl (C=O) groups excluding carboxylic acids is 1. The predicted octanol–water partition coefficient (Wildman–Crippen LogP) is 1.76. The van der Waals surface area contributed by atoms with Gasteiger partial charge in [0, 0.05) is 11.8 Å². The van der Waals surface area contributed by atoms with Crippen molar-refractivity contribution >= 4 is 5.78 Å². The average molecular weight is 182 g/mol. The number of hydrogen-bond acceptors (Lipinski definition) is 2. The van der Waals surface area contributed by atoms with Crippen LogP contribution in [0.15, 0.2) is 0 Å². The molecule has 0 aromatic heterocycles. The molecule has 3 atom stereocenters. The molecule has 0 radical (unpaired) electrons. The molecule has 2 aliphatic carbocycles. The Labute approximate surface area is 79.3 Å². The van der Waals surface area contributed by atoms with Crippen molar-refractivity contribution in [2.45, 2.75) is 46.1 Å². The van der Waals surface area contributed by atoms with Crippen molar-refractivity contribution < 1.29 is 9.90 Å². The van der Waals surface area contributed by atoms with Gasteiger partial charge in [-0.3, -0.25) is 4.79 Å². The van der Waals surface area contributed by atoms with Crippen LogP contribution in [0.1, 0.15) is 40.0 Å². The number of rotatable bonds is 0. The third-order valence-corrected chi connectivity index (χ3v) is 4.86. The molecule has 2 bridgehead atoms. The number of aliphatic hydroxyl groups is 1. The molecule has 0 amide bonds. The molecule has 1 N–H and O–H groups in total. The number of Topliss-reactive ketones (excluding diaryl/α,β-unsaturated/α-hetero) is 1. The van der Waals surface area contributed by atoms with Gasteiger partial charge in [-0.1, -0.05) is 20.8 Å². The van der Waals surface area contributed by atoms with Gasteiger partial charge in [0.25, 0.3) is 0 Å². The summed E-state index contributed by atoms with van der Waals surface area (Å²) in [6.07, 6.45) is 1.97. The first-order valence-electron chi connectivity index (χ1n) is 5.10. The SMILES string of the molecule is CC1(C)C2CCC1(C)C(O)C(=O)C2. The Bertz CT molecular complexity index is 257. The number of carbonyl (C=O) groups is 1. The van der Waals surface area contributed by atoms with E-state index in [9.17, 15) is 9.90 Å². The van der Waals surface area contributed by atoms with Crippen LogP contribution in [0.25, 0.3) is 0 Å². The summed E-state index contributed by atoms with van der Waals surface area (Å²) in [6, 6.07) is 0. The largest absolute Gasteiger partial charge is 0.385 e. The first-order valence-corrected chi connectivity index (χ1v) is 5.10. The van der Waals surface area contributed by atoms with Gasteiger partial charge in [-0.15, -0.1) is 0 Å². The van der Waals surface area contributed by atoms with Crippen molar-refractivity contribution in [3.8, 4) is 0 Å². The van der Waals surface area contributed by atoms with Crippen LogP contribution in [-0.4, -0.2) is 17.0 Å². The molecule has 74 valence electrons. The third kappa shape index (κ3) is 0.899. The van der Waals surface area contributed by atoms with Gasteiger partial charge in [0.1, 0.15) is 6.10 Å². The number of aliphatic hydroxyl groups excluding tert-OH is 1. The highest BCUT2D eigenvalue weighted by Crippen LogP contribution is 2.61. The molecule has 2 rings (SSSR count). The second kappa shape index (κ2) is 2.35. The fourth-order valence-corrected chi connectivity index (χ4v) is 3.18.